The summed E-state index contributed by atoms with van der Waals surface area (Å²) in [6, 6.07) is 89.3. The highest BCUT2D eigenvalue weighted by atomic mass is 16.4. The van der Waals surface area contributed by atoms with Gasteiger partial charge in [0.25, 0.3) is 0 Å². The molecule has 0 fully saturated rings. The number of benzene rings is 12. The van der Waals surface area contributed by atoms with Crippen molar-refractivity contribution in [2.24, 2.45) is 0 Å². The van der Waals surface area contributed by atoms with Gasteiger partial charge in [-0.15, -0.1) is 0 Å². The Morgan fingerprint density at radius 3 is 1.04 bits per heavy atom. The van der Waals surface area contributed by atoms with Gasteiger partial charge in [0.15, 0.2) is 11.2 Å². The molecule has 0 spiro atoms. The highest BCUT2D eigenvalue weighted by molar-refractivity contribution is 6.16. The minimum atomic E-state index is 0.542. The van der Waals surface area contributed by atoms with Crippen LogP contribution in [0.15, 0.2) is 264 Å². The lowest BCUT2D eigenvalue weighted by molar-refractivity contribution is 0.619. The molecule has 72 heavy (non-hydrogen) atoms. The molecule has 0 amide bonds. The van der Waals surface area contributed by atoms with Crippen molar-refractivity contribution in [3.8, 4) is 34.0 Å². The highest BCUT2D eigenvalue weighted by Gasteiger charge is 2.22. The summed E-state index contributed by atoms with van der Waals surface area (Å²) < 4.78 is 13.1. The Kier molecular flexibility index (Phi) is 9.74. The molecule has 0 radical (unpaired) electrons. The van der Waals surface area contributed by atoms with Crippen molar-refractivity contribution >= 4 is 99.4 Å². The van der Waals surface area contributed by atoms with Crippen LogP contribution < -0.4 is 9.80 Å². The van der Waals surface area contributed by atoms with Gasteiger partial charge in [-0.1, -0.05) is 158 Å². The van der Waals surface area contributed by atoms with Gasteiger partial charge in [0.2, 0.25) is 11.8 Å². The first-order valence-electron chi connectivity index (χ1n) is 24.2. The quantitative estimate of drug-likeness (QED) is 0.134. The van der Waals surface area contributed by atoms with Gasteiger partial charge in [0.1, 0.15) is 11.0 Å². The average molecular weight is 923 g/mol. The average Bonchev–Trinajstić information content (AvgIpc) is 4.10. The summed E-state index contributed by atoms with van der Waals surface area (Å²) in [5.41, 5.74) is 12.9. The minimum Gasteiger partial charge on any atom is -0.436 e. The maximum absolute atomic E-state index is 6.54. The SMILES string of the molecule is c1ccc(N(c2ccc(-c3nc4c(-c5cccc6oc(-c7ccc(N(c8ccccc8)c8cc9ccccc9c9ccccc89)cc7)nc56)cccc4o3)cc2)c2cc3ccccc3c3ccccc23)cc1. The van der Waals surface area contributed by atoms with Crippen LogP contribution in [-0.2, 0) is 0 Å². The molecule has 0 aliphatic rings. The lowest BCUT2D eigenvalue weighted by atomic mass is 9.99. The normalized spacial score (nSPS) is 11.6. The van der Waals surface area contributed by atoms with Crippen LogP contribution in [-0.4, -0.2) is 9.97 Å². The van der Waals surface area contributed by atoms with Crippen LogP contribution in [0.1, 0.15) is 0 Å². The third kappa shape index (κ3) is 6.96. The first kappa shape index (κ1) is 41.2. The van der Waals surface area contributed by atoms with E-state index in [0.29, 0.717) is 22.9 Å². The highest BCUT2D eigenvalue weighted by Crippen LogP contribution is 2.45. The van der Waals surface area contributed by atoms with Crippen molar-refractivity contribution in [2.45, 2.75) is 0 Å². The summed E-state index contributed by atoms with van der Waals surface area (Å²) in [7, 11) is 0. The van der Waals surface area contributed by atoms with Crippen LogP contribution in [0.3, 0.4) is 0 Å². The molecule has 0 unspecified atom stereocenters. The largest absolute Gasteiger partial charge is 0.436 e. The third-order valence-corrected chi connectivity index (χ3v) is 13.9. The monoisotopic (exact) mass is 922 g/mol. The summed E-state index contributed by atoms with van der Waals surface area (Å²) in [6.07, 6.45) is 0. The van der Waals surface area contributed by atoms with Gasteiger partial charge in [-0.25, -0.2) is 9.97 Å². The number of hydrogen-bond donors (Lipinski definition) is 0. The van der Waals surface area contributed by atoms with Gasteiger partial charge in [-0.05, 0) is 129 Å². The Morgan fingerprint density at radius 1 is 0.278 bits per heavy atom. The van der Waals surface area contributed by atoms with Gasteiger partial charge >= 0.3 is 0 Å². The first-order chi connectivity index (χ1) is 35.7. The van der Waals surface area contributed by atoms with Crippen molar-refractivity contribution < 1.29 is 8.83 Å². The number of oxazole rings is 2. The Labute approximate surface area is 414 Å². The van der Waals surface area contributed by atoms with Crippen molar-refractivity contribution in [2.75, 3.05) is 9.80 Å². The molecule has 6 nitrogen and oxygen atoms in total. The van der Waals surface area contributed by atoms with Gasteiger partial charge in [0.05, 0.1) is 11.4 Å². The fourth-order valence-electron chi connectivity index (χ4n) is 10.5. The molecule has 6 heteroatoms. The second kappa shape index (κ2) is 17.0. The number of aromatic nitrogens is 2. The van der Waals surface area contributed by atoms with E-state index < -0.39 is 0 Å². The Bertz CT molecular complexity index is 4050. The molecular formula is C66H42N4O2. The molecule has 2 aromatic heterocycles. The van der Waals surface area contributed by atoms with E-state index in [0.717, 1.165) is 67.4 Å². The van der Waals surface area contributed by atoms with Crippen molar-refractivity contribution in [1.82, 2.24) is 9.97 Å². The zero-order valence-corrected chi connectivity index (χ0v) is 38.9. The van der Waals surface area contributed by atoms with Crippen LogP contribution in [0.25, 0.3) is 99.3 Å². The van der Waals surface area contributed by atoms with Gasteiger partial charge in [-0.2, -0.15) is 0 Å². The predicted octanol–water partition coefficient (Wildman–Crippen LogP) is 18.5. The summed E-state index contributed by atoms with van der Waals surface area (Å²) in [5.74, 6) is 1.08. The van der Waals surface area contributed by atoms with Gasteiger partial charge in [0, 0.05) is 55.8 Å². The molecule has 12 aromatic carbocycles. The van der Waals surface area contributed by atoms with E-state index in [2.05, 4.69) is 240 Å². The van der Waals surface area contributed by atoms with E-state index >= 15 is 0 Å². The smallest absolute Gasteiger partial charge is 0.227 e. The maximum atomic E-state index is 6.54. The van der Waals surface area contributed by atoms with E-state index in [9.17, 15) is 0 Å². The van der Waals surface area contributed by atoms with Crippen LogP contribution in [0.2, 0.25) is 0 Å². The molecule has 0 aliphatic carbocycles. The molecule has 0 aliphatic heterocycles. The third-order valence-electron chi connectivity index (χ3n) is 13.9. The van der Waals surface area contributed by atoms with E-state index in [-0.39, 0.29) is 0 Å². The van der Waals surface area contributed by atoms with E-state index in [1.165, 1.54) is 43.1 Å². The number of nitrogens with zero attached hydrogens (tertiary/aromatic N) is 4. The number of fused-ring (bicyclic) bond motifs is 8. The number of rotatable bonds is 9. The van der Waals surface area contributed by atoms with Gasteiger partial charge < -0.3 is 18.6 Å². The summed E-state index contributed by atoms with van der Waals surface area (Å²) in [6.45, 7) is 0. The van der Waals surface area contributed by atoms with Crippen molar-refractivity contribution in [1.29, 1.82) is 0 Å². The Hall–Kier alpha value is -9.78. The van der Waals surface area contributed by atoms with E-state index in [4.69, 9.17) is 18.8 Å². The number of anilines is 6. The van der Waals surface area contributed by atoms with Crippen LogP contribution in [0, 0.1) is 0 Å². The molecule has 0 atom stereocenters. The van der Waals surface area contributed by atoms with E-state index in [1.54, 1.807) is 0 Å². The van der Waals surface area contributed by atoms with Crippen LogP contribution >= 0.6 is 0 Å². The van der Waals surface area contributed by atoms with Crippen molar-refractivity contribution in [3.05, 3.63) is 255 Å². The Morgan fingerprint density at radius 2 is 0.625 bits per heavy atom. The molecule has 0 saturated carbocycles. The Balaban J connectivity index is 0.806. The standard InChI is InChI=1S/C66H42N4O2/c1-3-19-47(20-4-1)69(59-41-45-17-7-9-23-51(45)53-25-11-13-27-55(53)59)49-37-33-43(34-38-49)65-67-63-57(29-15-31-61(63)71-65)58-30-16-32-62-64(58)68-66(72-62)44-35-39-50(40-36-44)70(48-21-5-2-6-22-48)60-42-46-18-8-10-24-52(46)54-26-12-14-28-56(54)60/h1-42H. The second-order valence-electron chi connectivity index (χ2n) is 18.1. The van der Waals surface area contributed by atoms with Crippen LogP contribution in [0.5, 0.6) is 0 Å². The fourth-order valence-corrected chi connectivity index (χ4v) is 10.5. The molecule has 0 N–H and O–H groups in total. The topological polar surface area (TPSA) is 58.5 Å². The molecule has 0 saturated heterocycles. The summed E-state index contributed by atoms with van der Waals surface area (Å²) in [5, 5.41) is 9.65. The first-order valence-corrected chi connectivity index (χ1v) is 24.2. The lowest BCUT2D eigenvalue weighted by Gasteiger charge is -2.27. The van der Waals surface area contributed by atoms with E-state index in [1.807, 2.05) is 24.3 Å². The van der Waals surface area contributed by atoms with Gasteiger partial charge in [-0.3, -0.25) is 0 Å². The fraction of sp³-hybridized carbons (Fsp3) is 0. The van der Waals surface area contributed by atoms with Crippen LogP contribution in [0.4, 0.5) is 34.1 Å². The second-order valence-corrected chi connectivity index (χ2v) is 18.1. The molecule has 14 rings (SSSR count). The number of hydrogen-bond acceptors (Lipinski definition) is 6. The molecular weight excluding hydrogens is 881 g/mol. The minimum absolute atomic E-state index is 0.542. The zero-order chi connectivity index (χ0) is 47.5. The maximum Gasteiger partial charge on any atom is 0.227 e. The number of para-hydroxylation sites is 4. The summed E-state index contributed by atoms with van der Waals surface area (Å²) in [4.78, 5) is 15.0. The molecule has 14 aromatic rings. The zero-order valence-electron chi connectivity index (χ0n) is 38.9. The lowest BCUT2D eigenvalue weighted by Crippen LogP contribution is -2.10. The predicted molar refractivity (Wildman–Crippen MR) is 297 cm³/mol. The summed E-state index contributed by atoms with van der Waals surface area (Å²) >= 11 is 0. The van der Waals surface area contributed by atoms with Crippen molar-refractivity contribution in [3.63, 3.8) is 0 Å². The molecule has 2 heterocycles. The molecule has 338 valence electrons. The molecule has 0 bridgehead atoms.